The van der Waals surface area contributed by atoms with Gasteiger partial charge in [-0.3, -0.25) is 4.79 Å². The minimum Gasteiger partial charge on any atom is -0.480 e. The summed E-state index contributed by atoms with van der Waals surface area (Å²) in [6.45, 7) is 0.723. The van der Waals surface area contributed by atoms with E-state index in [1.165, 1.54) is 35.7 Å². The second kappa shape index (κ2) is 11.2. The number of thioether (sulfide) groups is 1. The molecule has 0 fully saturated rings. The zero-order chi connectivity index (χ0) is 24.8. The number of halogens is 1. The molecule has 1 aliphatic rings. The van der Waals surface area contributed by atoms with Crippen LogP contribution in [0.1, 0.15) is 27.9 Å². The first kappa shape index (κ1) is 24.5. The van der Waals surface area contributed by atoms with Gasteiger partial charge in [-0.25, -0.2) is 14.2 Å². The molecule has 2 aromatic carbocycles. The summed E-state index contributed by atoms with van der Waals surface area (Å²) in [4.78, 5) is 35.5. The first-order valence-corrected chi connectivity index (χ1v) is 12.5. The van der Waals surface area contributed by atoms with Crippen LogP contribution in [-0.4, -0.2) is 51.5 Å². The quantitative estimate of drug-likeness (QED) is 0.437. The molecule has 1 aliphatic heterocycles. The lowest BCUT2D eigenvalue weighted by atomic mass is 10.2. The van der Waals surface area contributed by atoms with Crippen LogP contribution in [-0.2, 0) is 17.8 Å². The summed E-state index contributed by atoms with van der Waals surface area (Å²) in [5.41, 5.74) is 2.87. The topological polar surface area (TPSA) is 105 Å². The molecular formula is C25H25FN4O4S. The van der Waals surface area contributed by atoms with Gasteiger partial charge >= 0.3 is 5.97 Å². The van der Waals surface area contributed by atoms with Crippen LogP contribution in [0.2, 0.25) is 0 Å². The van der Waals surface area contributed by atoms with Crippen LogP contribution in [0.5, 0.6) is 5.88 Å². The van der Waals surface area contributed by atoms with Crippen molar-refractivity contribution in [2.75, 3.05) is 23.5 Å². The molecule has 0 unspecified atom stereocenters. The fourth-order valence-corrected chi connectivity index (χ4v) is 4.23. The van der Waals surface area contributed by atoms with Crippen LogP contribution in [0.4, 0.5) is 16.0 Å². The number of ether oxygens (including phenoxy) is 1. The number of nitrogens with one attached hydrogen (secondary N) is 1. The number of fused-ring (bicyclic) bond motifs is 1. The SMILES string of the molecule is CSCC[C@H](NC(=O)c1cnc(N2CCc3ccccc32)nc1OCc1ccc(F)cc1)C(=O)O. The number of aliphatic carboxylic acids is 1. The monoisotopic (exact) mass is 496 g/mol. The number of carboxylic acids is 1. The largest absolute Gasteiger partial charge is 0.480 e. The van der Waals surface area contributed by atoms with Crippen molar-refractivity contribution in [3.05, 3.63) is 77.2 Å². The molecule has 0 radical (unpaired) electrons. The smallest absolute Gasteiger partial charge is 0.326 e. The molecule has 3 aromatic rings. The van der Waals surface area contributed by atoms with E-state index in [0.29, 0.717) is 23.8 Å². The van der Waals surface area contributed by atoms with E-state index in [9.17, 15) is 19.1 Å². The lowest BCUT2D eigenvalue weighted by Gasteiger charge is -2.20. The highest BCUT2D eigenvalue weighted by Gasteiger charge is 2.27. The van der Waals surface area contributed by atoms with Crippen molar-refractivity contribution in [2.24, 2.45) is 0 Å². The first-order valence-electron chi connectivity index (χ1n) is 11.1. The average Bonchev–Trinajstić information content (AvgIpc) is 3.30. The van der Waals surface area contributed by atoms with Gasteiger partial charge in [0.25, 0.3) is 5.91 Å². The van der Waals surface area contributed by atoms with Crippen LogP contribution in [0.25, 0.3) is 0 Å². The summed E-state index contributed by atoms with van der Waals surface area (Å²) >= 11 is 1.49. The fourth-order valence-electron chi connectivity index (χ4n) is 3.76. The number of rotatable bonds is 10. The van der Waals surface area contributed by atoms with Gasteiger partial charge in [0.15, 0.2) is 0 Å². The number of hydrogen-bond donors (Lipinski definition) is 2. The Kier molecular flexibility index (Phi) is 7.81. The van der Waals surface area contributed by atoms with E-state index < -0.39 is 17.9 Å². The number of carbonyl (C=O) groups is 2. The Balaban J connectivity index is 1.62. The van der Waals surface area contributed by atoms with E-state index in [1.54, 1.807) is 12.1 Å². The van der Waals surface area contributed by atoms with Crippen LogP contribution in [0.15, 0.2) is 54.7 Å². The molecular weight excluding hydrogens is 471 g/mol. The van der Waals surface area contributed by atoms with Gasteiger partial charge in [0.05, 0.1) is 0 Å². The van der Waals surface area contributed by atoms with Crippen molar-refractivity contribution in [2.45, 2.75) is 25.5 Å². The van der Waals surface area contributed by atoms with Gasteiger partial charge in [0.2, 0.25) is 11.8 Å². The van der Waals surface area contributed by atoms with E-state index in [1.807, 2.05) is 35.4 Å². The Morgan fingerprint density at radius 1 is 1.23 bits per heavy atom. The average molecular weight is 497 g/mol. The van der Waals surface area contributed by atoms with Gasteiger partial charge in [-0.2, -0.15) is 16.7 Å². The molecule has 0 saturated carbocycles. The standard InChI is InChI=1S/C25H25FN4O4S/c1-35-13-11-20(24(32)33)28-22(31)19-14-27-25(30-12-10-17-4-2-3-5-21(17)30)29-23(19)34-15-16-6-8-18(26)9-7-16/h2-9,14,20H,10-13,15H2,1H3,(H,28,31)(H,32,33)/t20-/m0/s1. The summed E-state index contributed by atoms with van der Waals surface area (Å²) in [5, 5.41) is 12.0. The summed E-state index contributed by atoms with van der Waals surface area (Å²) < 4.78 is 19.2. The number of nitrogens with zero attached hydrogens (tertiary/aromatic N) is 3. The Bertz CT molecular complexity index is 1210. The molecule has 182 valence electrons. The van der Waals surface area contributed by atoms with Gasteiger partial charge in [-0.05, 0) is 54.2 Å². The predicted octanol–water partition coefficient (Wildman–Crippen LogP) is 3.83. The van der Waals surface area contributed by atoms with Gasteiger partial charge in [-0.15, -0.1) is 0 Å². The van der Waals surface area contributed by atoms with E-state index in [2.05, 4.69) is 15.3 Å². The maximum Gasteiger partial charge on any atom is 0.326 e. The summed E-state index contributed by atoms with van der Waals surface area (Å²) in [7, 11) is 0. The van der Waals surface area contributed by atoms with Crippen LogP contribution in [0, 0.1) is 5.82 Å². The molecule has 35 heavy (non-hydrogen) atoms. The third-order valence-corrected chi connectivity index (χ3v) is 6.26. The number of aromatic nitrogens is 2. The number of carbonyl (C=O) groups excluding carboxylic acids is 1. The van der Waals surface area contributed by atoms with Gasteiger partial charge in [-0.1, -0.05) is 30.3 Å². The lowest BCUT2D eigenvalue weighted by Crippen LogP contribution is -2.41. The Labute approximate surface area is 206 Å². The number of hydrogen-bond acceptors (Lipinski definition) is 7. The van der Waals surface area contributed by atoms with E-state index in [-0.39, 0.29) is 30.3 Å². The van der Waals surface area contributed by atoms with E-state index in [0.717, 1.165) is 12.1 Å². The molecule has 10 heteroatoms. The van der Waals surface area contributed by atoms with Crippen molar-refractivity contribution < 1.29 is 23.8 Å². The van der Waals surface area contributed by atoms with Crippen LogP contribution >= 0.6 is 11.8 Å². The predicted molar refractivity (Wildman–Crippen MR) is 132 cm³/mol. The lowest BCUT2D eigenvalue weighted by molar-refractivity contribution is -0.139. The molecule has 0 bridgehead atoms. The van der Waals surface area contributed by atoms with E-state index in [4.69, 9.17) is 4.74 Å². The van der Waals surface area contributed by atoms with Crippen LogP contribution in [0.3, 0.4) is 0 Å². The number of carboxylic acid groups (broad SMARTS) is 1. The molecule has 0 spiro atoms. The molecule has 4 rings (SSSR count). The normalized spacial score (nSPS) is 13.3. The zero-order valence-corrected chi connectivity index (χ0v) is 19.9. The summed E-state index contributed by atoms with van der Waals surface area (Å²) in [6, 6.07) is 12.7. The molecule has 2 N–H and O–H groups in total. The third-order valence-electron chi connectivity index (χ3n) is 5.62. The zero-order valence-electron chi connectivity index (χ0n) is 19.1. The third kappa shape index (κ3) is 5.89. The van der Waals surface area contributed by atoms with Crippen molar-refractivity contribution in [3.8, 4) is 5.88 Å². The Hall–Kier alpha value is -3.66. The molecule has 0 aliphatic carbocycles. The molecule has 8 nitrogen and oxygen atoms in total. The maximum atomic E-state index is 13.3. The van der Waals surface area contributed by atoms with Gasteiger partial charge in [0, 0.05) is 18.4 Å². The molecule has 1 amide bonds. The maximum absolute atomic E-state index is 13.3. The summed E-state index contributed by atoms with van der Waals surface area (Å²) in [6.07, 6.45) is 4.33. The Morgan fingerprint density at radius 2 is 2.00 bits per heavy atom. The molecule has 1 aromatic heterocycles. The van der Waals surface area contributed by atoms with Gasteiger partial charge < -0.3 is 20.1 Å². The minimum absolute atomic E-state index is 0.0233. The number of para-hydroxylation sites is 1. The Morgan fingerprint density at radius 3 is 2.74 bits per heavy atom. The highest BCUT2D eigenvalue weighted by Crippen LogP contribution is 2.33. The fraction of sp³-hybridized carbons (Fsp3) is 0.280. The molecule has 0 saturated heterocycles. The van der Waals surface area contributed by atoms with Crippen molar-refractivity contribution in [1.82, 2.24) is 15.3 Å². The number of anilines is 2. The molecule has 2 heterocycles. The second-order valence-electron chi connectivity index (χ2n) is 7.98. The second-order valence-corrected chi connectivity index (χ2v) is 8.97. The first-order chi connectivity index (χ1) is 17.0. The van der Waals surface area contributed by atoms with E-state index >= 15 is 0 Å². The van der Waals surface area contributed by atoms with Gasteiger partial charge in [0.1, 0.15) is 24.0 Å². The summed E-state index contributed by atoms with van der Waals surface area (Å²) in [5.74, 6) is -1.15. The van der Waals surface area contributed by atoms with Crippen molar-refractivity contribution in [1.29, 1.82) is 0 Å². The highest BCUT2D eigenvalue weighted by molar-refractivity contribution is 7.98. The number of amides is 1. The highest BCUT2D eigenvalue weighted by atomic mass is 32.2. The van der Waals surface area contributed by atoms with Crippen molar-refractivity contribution >= 4 is 35.3 Å². The number of benzene rings is 2. The minimum atomic E-state index is -1.12. The van der Waals surface area contributed by atoms with Crippen LogP contribution < -0.4 is 15.0 Å². The molecule has 1 atom stereocenters. The van der Waals surface area contributed by atoms with Crippen molar-refractivity contribution in [3.63, 3.8) is 0 Å².